The summed E-state index contributed by atoms with van der Waals surface area (Å²) in [5, 5.41) is 33.4. The number of hydrogen-bond donors (Lipinski definition) is 3. The summed E-state index contributed by atoms with van der Waals surface area (Å²) in [5.74, 6) is 0.0570. The van der Waals surface area contributed by atoms with Crippen LogP contribution in [-0.4, -0.2) is 38.5 Å². The summed E-state index contributed by atoms with van der Waals surface area (Å²) in [6, 6.07) is 0. The third kappa shape index (κ3) is 11.9. The summed E-state index contributed by atoms with van der Waals surface area (Å²) < 4.78 is 0. The van der Waals surface area contributed by atoms with Crippen molar-refractivity contribution in [2.45, 2.75) is 118 Å². The molecule has 1 unspecified atom stereocenters. The maximum Gasteiger partial charge on any atom is 0.303 e. The standard InChI is InChI=1S/C28H49NO4S/c1-19(10-8-12-20(2)16-24-18-34-23(5)29-24)11-9-13-21(3)27(33)22(4)17-28(6,7)25(30)14-15-26(31)32/h16,18-19,21-22,25,27,30,33H,8-15,17H2,1-7H3,(H,31,32)/b20-16+/t19?,21-,22+,25-,27-/m0/s1. The Balaban J connectivity index is 2.31. The molecule has 1 heterocycles. The van der Waals surface area contributed by atoms with Gasteiger partial charge in [0, 0.05) is 11.8 Å². The van der Waals surface area contributed by atoms with E-state index in [1.165, 1.54) is 24.8 Å². The zero-order valence-electron chi connectivity index (χ0n) is 22.5. The highest BCUT2D eigenvalue weighted by atomic mass is 32.1. The van der Waals surface area contributed by atoms with E-state index in [-0.39, 0.29) is 24.7 Å². The number of carboxylic acids is 1. The van der Waals surface area contributed by atoms with Gasteiger partial charge in [0.15, 0.2) is 0 Å². The van der Waals surface area contributed by atoms with Crippen molar-refractivity contribution in [2.75, 3.05) is 0 Å². The maximum absolute atomic E-state index is 10.9. The predicted molar refractivity (Wildman–Crippen MR) is 143 cm³/mol. The molecule has 0 aliphatic heterocycles. The molecule has 5 atom stereocenters. The van der Waals surface area contributed by atoms with Crippen LogP contribution in [0.4, 0.5) is 0 Å². The molecule has 6 heteroatoms. The van der Waals surface area contributed by atoms with E-state index in [2.05, 4.69) is 37.2 Å². The Bertz CT molecular complexity index is 757. The molecule has 1 rings (SSSR count). The Morgan fingerprint density at radius 2 is 1.71 bits per heavy atom. The van der Waals surface area contributed by atoms with Gasteiger partial charge in [0.05, 0.1) is 22.9 Å². The van der Waals surface area contributed by atoms with E-state index in [9.17, 15) is 15.0 Å². The molecule has 0 fully saturated rings. The van der Waals surface area contributed by atoms with Gasteiger partial charge in [-0.05, 0) is 75.2 Å². The van der Waals surface area contributed by atoms with Crippen molar-refractivity contribution in [1.29, 1.82) is 0 Å². The zero-order chi connectivity index (χ0) is 25.9. The molecule has 0 spiro atoms. The van der Waals surface area contributed by atoms with E-state index in [1.807, 2.05) is 27.7 Å². The molecule has 0 aliphatic carbocycles. The van der Waals surface area contributed by atoms with Crippen molar-refractivity contribution in [1.82, 2.24) is 4.98 Å². The fraction of sp³-hybridized carbons (Fsp3) is 0.786. The molecule has 3 N–H and O–H groups in total. The molecular weight excluding hydrogens is 446 g/mol. The number of hydrogen-bond acceptors (Lipinski definition) is 5. The number of rotatable bonds is 17. The molecule has 0 bridgehead atoms. The van der Waals surface area contributed by atoms with Gasteiger partial charge in [0.2, 0.25) is 0 Å². The lowest BCUT2D eigenvalue weighted by Crippen LogP contribution is -2.36. The number of allylic oxidation sites excluding steroid dienone is 1. The minimum atomic E-state index is -0.886. The van der Waals surface area contributed by atoms with Crippen LogP contribution in [0.5, 0.6) is 0 Å². The van der Waals surface area contributed by atoms with Crippen molar-refractivity contribution >= 4 is 23.4 Å². The summed E-state index contributed by atoms with van der Waals surface area (Å²) >= 11 is 1.69. The fourth-order valence-electron chi connectivity index (χ4n) is 4.90. The maximum atomic E-state index is 10.9. The third-order valence-electron chi connectivity index (χ3n) is 7.20. The van der Waals surface area contributed by atoms with Crippen LogP contribution in [0.15, 0.2) is 11.0 Å². The van der Waals surface area contributed by atoms with Crippen LogP contribution < -0.4 is 0 Å². The minimum Gasteiger partial charge on any atom is -0.481 e. The first-order valence-corrected chi connectivity index (χ1v) is 13.9. The molecule has 1 aromatic heterocycles. The number of aliphatic carboxylic acids is 1. The average molecular weight is 496 g/mol. The van der Waals surface area contributed by atoms with Gasteiger partial charge in [-0.25, -0.2) is 4.98 Å². The highest BCUT2D eigenvalue weighted by Crippen LogP contribution is 2.35. The summed E-state index contributed by atoms with van der Waals surface area (Å²) in [5.41, 5.74) is 2.04. The quantitative estimate of drug-likeness (QED) is 0.214. The number of aromatic nitrogens is 1. The van der Waals surface area contributed by atoms with Crippen molar-refractivity contribution < 1.29 is 20.1 Å². The van der Waals surface area contributed by atoms with E-state index in [0.29, 0.717) is 12.3 Å². The molecule has 0 saturated heterocycles. The average Bonchev–Trinajstić information content (AvgIpc) is 3.15. The summed E-state index contributed by atoms with van der Waals surface area (Å²) in [7, 11) is 0. The van der Waals surface area contributed by atoms with Gasteiger partial charge in [-0.2, -0.15) is 0 Å². The van der Waals surface area contributed by atoms with Gasteiger partial charge in [-0.3, -0.25) is 4.79 Å². The van der Waals surface area contributed by atoms with Crippen LogP contribution in [0, 0.1) is 30.1 Å². The van der Waals surface area contributed by atoms with Crippen molar-refractivity contribution in [3.8, 4) is 0 Å². The molecule has 5 nitrogen and oxygen atoms in total. The summed E-state index contributed by atoms with van der Waals surface area (Å²) in [6.07, 6.45) is 8.81. The van der Waals surface area contributed by atoms with Crippen LogP contribution in [0.1, 0.15) is 110 Å². The van der Waals surface area contributed by atoms with Crippen molar-refractivity contribution in [2.24, 2.45) is 23.2 Å². The molecule has 0 aliphatic rings. The van der Waals surface area contributed by atoms with Crippen LogP contribution in [-0.2, 0) is 4.79 Å². The van der Waals surface area contributed by atoms with Gasteiger partial charge in [-0.1, -0.05) is 59.5 Å². The lowest BCUT2D eigenvalue weighted by molar-refractivity contribution is -0.138. The highest BCUT2D eigenvalue weighted by Gasteiger charge is 2.33. The first kappa shape index (κ1) is 30.8. The smallest absolute Gasteiger partial charge is 0.303 e. The molecule has 0 saturated carbocycles. The second-order valence-electron chi connectivity index (χ2n) is 11.3. The summed E-state index contributed by atoms with van der Waals surface area (Å²) in [6.45, 7) is 14.6. The second kappa shape index (κ2) is 15.0. The van der Waals surface area contributed by atoms with Gasteiger partial charge in [0.1, 0.15) is 0 Å². The van der Waals surface area contributed by atoms with Crippen LogP contribution in [0.25, 0.3) is 6.08 Å². The monoisotopic (exact) mass is 495 g/mol. The Kier molecular flexibility index (Phi) is 13.6. The molecule has 34 heavy (non-hydrogen) atoms. The normalized spacial score (nSPS) is 17.3. The number of carbonyl (C=O) groups is 1. The van der Waals surface area contributed by atoms with Crippen molar-refractivity contribution in [3.63, 3.8) is 0 Å². The Morgan fingerprint density at radius 1 is 1.06 bits per heavy atom. The van der Waals surface area contributed by atoms with E-state index in [4.69, 9.17) is 5.11 Å². The molecule has 1 aromatic rings. The van der Waals surface area contributed by atoms with Crippen LogP contribution >= 0.6 is 11.3 Å². The first-order chi connectivity index (χ1) is 15.8. The lowest BCUT2D eigenvalue weighted by Gasteiger charge is -2.36. The van der Waals surface area contributed by atoms with E-state index >= 15 is 0 Å². The number of nitrogens with zero attached hydrogens (tertiary/aromatic N) is 1. The third-order valence-corrected chi connectivity index (χ3v) is 8.00. The number of aliphatic hydroxyl groups excluding tert-OH is 2. The van der Waals surface area contributed by atoms with Crippen LogP contribution in [0.2, 0.25) is 0 Å². The number of carboxylic acid groups (broad SMARTS) is 1. The number of aryl methyl sites for hydroxylation is 1. The van der Waals surface area contributed by atoms with E-state index in [0.717, 1.165) is 30.0 Å². The molecule has 196 valence electrons. The Labute approximate surface area is 211 Å². The van der Waals surface area contributed by atoms with Gasteiger partial charge >= 0.3 is 5.97 Å². The molecule has 0 amide bonds. The minimum absolute atomic E-state index is 0.0303. The SMILES string of the molecule is C/C(=C\c1csc(C)n1)CCCC(C)CCC[C@H](C)[C@H](O)[C@H](C)CC(C)(C)[C@@H](O)CCC(=O)O. The largest absolute Gasteiger partial charge is 0.481 e. The Morgan fingerprint density at radius 3 is 2.29 bits per heavy atom. The van der Waals surface area contributed by atoms with Crippen LogP contribution in [0.3, 0.4) is 0 Å². The summed E-state index contributed by atoms with van der Waals surface area (Å²) in [4.78, 5) is 15.3. The predicted octanol–water partition coefficient (Wildman–Crippen LogP) is 7.11. The molecular formula is C28H49NO4S. The van der Waals surface area contributed by atoms with E-state index < -0.39 is 23.6 Å². The number of aliphatic hydroxyl groups is 2. The van der Waals surface area contributed by atoms with Gasteiger partial charge < -0.3 is 15.3 Å². The molecule has 0 radical (unpaired) electrons. The topological polar surface area (TPSA) is 90.7 Å². The fourth-order valence-corrected chi connectivity index (χ4v) is 5.47. The van der Waals surface area contributed by atoms with E-state index in [1.54, 1.807) is 11.3 Å². The van der Waals surface area contributed by atoms with Gasteiger partial charge in [-0.15, -0.1) is 11.3 Å². The highest BCUT2D eigenvalue weighted by molar-refractivity contribution is 7.09. The second-order valence-corrected chi connectivity index (χ2v) is 12.4. The van der Waals surface area contributed by atoms with Crippen molar-refractivity contribution in [3.05, 3.63) is 21.7 Å². The zero-order valence-corrected chi connectivity index (χ0v) is 23.3. The molecule has 0 aromatic carbocycles. The Hall–Kier alpha value is -1.24. The van der Waals surface area contributed by atoms with Gasteiger partial charge in [0.25, 0.3) is 0 Å². The lowest BCUT2D eigenvalue weighted by atomic mass is 9.74. The number of thiazole rings is 1. The first-order valence-electron chi connectivity index (χ1n) is 13.0.